The Labute approximate surface area is 170 Å². The molecule has 28 heavy (non-hydrogen) atoms. The molecule has 1 aromatic carbocycles. The zero-order valence-electron chi connectivity index (χ0n) is 16.8. The molecule has 0 unspecified atom stereocenters. The molecule has 1 aromatic heterocycles. The van der Waals surface area contributed by atoms with E-state index in [0.29, 0.717) is 29.6 Å². The number of aryl methyl sites for hydroxylation is 1. The number of nitrogens with one attached hydrogen (secondary N) is 1. The number of amides is 1. The Morgan fingerprint density at radius 3 is 2.71 bits per heavy atom. The third-order valence-electron chi connectivity index (χ3n) is 4.99. The molecule has 3 rings (SSSR count). The number of likely N-dealkylation sites (tertiary alicyclic amines) is 1. The van der Waals surface area contributed by atoms with Gasteiger partial charge < -0.3 is 10.1 Å². The Morgan fingerprint density at radius 2 is 2.04 bits per heavy atom. The summed E-state index contributed by atoms with van der Waals surface area (Å²) in [6.07, 6.45) is 2.34. The number of hydrogen-bond acceptors (Lipinski definition) is 5. The van der Waals surface area contributed by atoms with E-state index in [2.05, 4.69) is 17.1 Å². The first kappa shape index (κ1) is 20.6. The molecule has 0 aliphatic carbocycles. The van der Waals surface area contributed by atoms with E-state index < -0.39 is 5.97 Å². The number of rotatable bonds is 6. The third-order valence-corrected chi connectivity index (χ3v) is 5.89. The Hall–Kier alpha value is -2.18. The van der Waals surface area contributed by atoms with Gasteiger partial charge in [0.25, 0.3) is 0 Å². The summed E-state index contributed by atoms with van der Waals surface area (Å²) in [5, 5.41) is 5.42. The molecule has 2 heterocycles. The van der Waals surface area contributed by atoms with Gasteiger partial charge in [0, 0.05) is 17.5 Å². The SMILES string of the molecule is CCOC(=O)c1c(-c2ccc(C)cc2)csc1NC(=O)CN1CCC[C@@H](C)C1. The van der Waals surface area contributed by atoms with Crippen molar-refractivity contribution >= 4 is 28.2 Å². The van der Waals surface area contributed by atoms with Gasteiger partial charge in [0.15, 0.2) is 0 Å². The molecule has 1 aliphatic rings. The molecule has 6 heteroatoms. The van der Waals surface area contributed by atoms with E-state index in [1.165, 1.54) is 17.8 Å². The fourth-order valence-corrected chi connectivity index (χ4v) is 4.57. The number of hydrogen-bond donors (Lipinski definition) is 1. The van der Waals surface area contributed by atoms with Gasteiger partial charge in [-0.25, -0.2) is 4.79 Å². The van der Waals surface area contributed by atoms with Gasteiger partial charge in [-0.2, -0.15) is 0 Å². The zero-order chi connectivity index (χ0) is 20.1. The van der Waals surface area contributed by atoms with Crippen LogP contribution in [0.1, 0.15) is 42.6 Å². The van der Waals surface area contributed by atoms with Crippen LogP contribution in [0.25, 0.3) is 11.1 Å². The Kier molecular flexibility index (Phi) is 6.86. The van der Waals surface area contributed by atoms with E-state index in [-0.39, 0.29) is 5.91 Å². The van der Waals surface area contributed by atoms with Crippen molar-refractivity contribution in [2.45, 2.75) is 33.6 Å². The predicted octanol–water partition coefficient (Wildman–Crippen LogP) is 4.57. The zero-order valence-corrected chi connectivity index (χ0v) is 17.6. The van der Waals surface area contributed by atoms with Crippen molar-refractivity contribution < 1.29 is 14.3 Å². The standard InChI is InChI=1S/C22H28N2O3S/c1-4-27-22(26)20-18(17-9-7-15(2)8-10-17)14-28-21(20)23-19(25)13-24-11-5-6-16(3)12-24/h7-10,14,16H,4-6,11-13H2,1-3H3,(H,23,25)/t16-/m1/s1. The molecule has 1 aliphatic heterocycles. The van der Waals surface area contributed by atoms with Crippen LogP contribution in [-0.4, -0.2) is 43.0 Å². The number of carbonyl (C=O) groups is 2. The smallest absolute Gasteiger partial charge is 0.341 e. The Balaban J connectivity index is 1.80. The van der Waals surface area contributed by atoms with E-state index in [1.54, 1.807) is 6.92 Å². The van der Waals surface area contributed by atoms with Crippen LogP contribution in [0.5, 0.6) is 0 Å². The minimum atomic E-state index is -0.402. The van der Waals surface area contributed by atoms with E-state index in [0.717, 1.165) is 36.2 Å². The molecule has 1 amide bonds. The van der Waals surface area contributed by atoms with E-state index in [9.17, 15) is 9.59 Å². The second-order valence-electron chi connectivity index (χ2n) is 7.47. The number of anilines is 1. The maximum Gasteiger partial charge on any atom is 0.341 e. The minimum absolute atomic E-state index is 0.0862. The first-order valence-corrected chi connectivity index (χ1v) is 10.7. The molecule has 0 radical (unpaired) electrons. The molecule has 1 atom stereocenters. The summed E-state index contributed by atoms with van der Waals surface area (Å²) in [4.78, 5) is 27.4. The van der Waals surface area contributed by atoms with E-state index in [4.69, 9.17) is 4.74 Å². The maximum atomic E-state index is 12.6. The highest BCUT2D eigenvalue weighted by molar-refractivity contribution is 7.15. The Bertz CT molecular complexity index is 829. The van der Waals surface area contributed by atoms with E-state index in [1.807, 2.05) is 36.6 Å². The van der Waals surface area contributed by atoms with Gasteiger partial charge in [0.1, 0.15) is 10.6 Å². The van der Waals surface area contributed by atoms with Crippen molar-refractivity contribution in [1.29, 1.82) is 0 Å². The van der Waals surface area contributed by atoms with Gasteiger partial charge >= 0.3 is 5.97 Å². The summed E-state index contributed by atoms with van der Waals surface area (Å²) in [5.74, 6) is 0.129. The molecular formula is C22H28N2O3S. The summed E-state index contributed by atoms with van der Waals surface area (Å²) < 4.78 is 5.26. The lowest BCUT2D eigenvalue weighted by Crippen LogP contribution is -2.39. The number of thiophene rings is 1. The average Bonchev–Trinajstić information content (AvgIpc) is 3.06. The topological polar surface area (TPSA) is 58.6 Å². The maximum absolute atomic E-state index is 12.6. The third kappa shape index (κ3) is 5.00. The monoisotopic (exact) mass is 400 g/mol. The molecule has 5 nitrogen and oxygen atoms in total. The number of carbonyl (C=O) groups excluding carboxylic acids is 2. The lowest BCUT2D eigenvalue weighted by Gasteiger charge is -2.30. The summed E-state index contributed by atoms with van der Waals surface area (Å²) in [5.41, 5.74) is 3.33. The first-order chi connectivity index (χ1) is 13.5. The number of piperidine rings is 1. The second-order valence-corrected chi connectivity index (χ2v) is 8.35. The van der Waals surface area contributed by atoms with Crippen LogP contribution in [0.15, 0.2) is 29.6 Å². The van der Waals surface area contributed by atoms with Crippen molar-refractivity contribution in [3.8, 4) is 11.1 Å². The van der Waals surface area contributed by atoms with Crippen LogP contribution in [0, 0.1) is 12.8 Å². The van der Waals surface area contributed by atoms with Crippen LogP contribution < -0.4 is 5.32 Å². The lowest BCUT2D eigenvalue weighted by molar-refractivity contribution is -0.117. The van der Waals surface area contributed by atoms with Crippen LogP contribution >= 0.6 is 11.3 Å². The van der Waals surface area contributed by atoms with Crippen molar-refractivity contribution in [2.24, 2.45) is 5.92 Å². The van der Waals surface area contributed by atoms with Crippen molar-refractivity contribution in [1.82, 2.24) is 4.90 Å². The molecule has 0 saturated carbocycles. The van der Waals surface area contributed by atoms with E-state index >= 15 is 0 Å². The number of benzene rings is 1. The molecule has 0 spiro atoms. The molecule has 1 N–H and O–H groups in total. The lowest BCUT2D eigenvalue weighted by atomic mass is 10.0. The summed E-state index contributed by atoms with van der Waals surface area (Å²) in [7, 11) is 0. The summed E-state index contributed by atoms with van der Waals surface area (Å²) in [6, 6.07) is 8.00. The summed E-state index contributed by atoms with van der Waals surface area (Å²) in [6.45, 7) is 8.56. The van der Waals surface area contributed by atoms with Gasteiger partial charge in [0.05, 0.1) is 13.2 Å². The van der Waals surface area contributed by atoms with Gasteiger partial charge in [0.2, 0.25) is 5.91 Å². The van der Waals surface area contributed by atoms with Gasteiger partial charge in [-0.05, 0) is 44.7 Å². The van der Waals surface area contributed by atoms with Crippen molar-refractivity contribution in [3.63, 3.8) is 0 Å². The highest BCUT2D eigenvalue weighted by Gasteiger charge is 2.24. The minimum Gasteiger partial charge on any atom is -0.462 e. The number of nitrogens with zero attached hydrogens (tertiary/aromatic N) is 1. The highest BCUT2D eigenvalue weighted by Crippen LogP contribution is 2.36. The molecule has 1 fully saturated rings. The molecule has 2 aromatic rings. The molecule has 1 saturated heterocycles. The van der Waals surface area contributed by atoms with Gasteiger partial charge in [-0.1, -0.05) is 36.8 Å². The van der Waals surface area contributed by atoms with Crippen molar-refractivity contribution in [2.75, 3.05) is 31.6 Å². The quantitative estimate of drug-likeness (QED) is 0.722. The van der Waals surface area contributed by atoms with Gasteiger partial charge in [-0.15, -0.1) is 11.3 Å². The van der Waals surface area contributed by atoms with Crippen LogP contribution in [0.4, 0.5) is 5.00 Å². The number of ether oxygens (including phenoxy) is 1. The normalized spacial score (nSPS) is 17.3. The molecular weight excluding hydrogens is 372 g/mol. The molecule has 0 bridgehead atoms. The van der Waals surface area contributed by atoms with Crippen LogP contribution in [0.2, 0.25) is 0 Å². The van der Waals surface area contributed by atoms with Crippen molar-refractivity contribution in [3.05, 3.63) is 40.8 Å². The number of esters is 1. The Morgan fingerprint density at radius 1 is 1.29 bits per heavy atom. The summed E-state index contributed by atoms with van der Waals surface area (Å²) >= 11 is 1.37. The fourth-order valence-electron chi connectivity index (χ4n) is 3.60. The fraction of sp³-hybridized carbons (Fsp3) is 0.455. The molecule has 150 valence electrons. The highest BCUT2D eigenvalue weighted by atomic mass is 32.1. The largest absolute Gasteiger partial charge is 0.462 e. The van der Waals surface area contributed by atoms with Crippen LogP contribution in [-0.2, 0) is 9.53 Å². The average molecular weight is 401 g/mol. The van der Waals surface area contributed by atoms with Crippen LogP contribution in [0.3, 0.4) is 0 Å². The second kappa shape index (κ2) is 9.34. The van der Waals surface area contributed by atoms with Gasteiger partial charge in [-0.3, -0.25) is 9.69 Å². The first-order valence-electron chi connectivity index (χ1n) is 9.85. The predicted molar refractivity (Wildman–Crippen MR) is 114 cm³/mol.